The van der Waals surface area contributed by atoms with Crippen molar-refractivity contribution in [2.75, 3.05) is 0 Å². The van der Waals surface area contributed by atoms with Crippen molar-refractivity contribution in [3.8, 4) is 0 Å². The van der Waals surface area contributed by atoms with Crippen LogP contribution in [-0.2, 0) is 6.54 Å². The topological polar surface area (TPSA) is 68.3 Å². The number of nitrogens with zero attached hydrogens (tertiary/aromatic N) is 1. The third-order valence-electron chi connectivity index (χ3n) is 1.84. The van der Waals surface area contributed by atoms with Crippen LogP contribution >= 0.6 is 0 Å². The fourth-order valence-electron chi connectivity index (χ4n) is 1.16. The standard InChI is InChI=1S/C10H10N2O3/c1-7-5-8(15-12-7)6-11-10(13)9-3-2-4-14-9/h2-5H,6H2,1H3,(H,11,13). The number of furan rings is 1. The van der Waals surface area contributed by atoms with E-state index in [-0.39, 0.29) is 11.7 Å². The summed E-state index contributed by atoms with van der Waals surface area (Å²) in [5, 5.41) is 6.36. The van der Waals surface area contributed by atoms with Crippen molar-refractivity contribution in [3.63, 3.8) is 0 Å². The van der Waals surface area contributed by atoms with E-state index in [1.165, 1.54) is 6.26 Å². The van der Waals surface area contributed by atoms with Gasteiger partial charge in [-0.2, -0.15) is 0 Å². The normalized spacial score (nSPS) is 10.2. The lowest BCUT2D eigenvalue weighted by Gasteiger charge is -1.98. The predicted octanol–water partition coefficient (Wildman–Crippen LogP) is 1.51. The van der Waals surface area contributed by atoms with E-state index in [1.54, 1.807) is 18.2 Å². The van der Waals surface area contributed by atoms with Gasteiger partial charge in [0, 0.05) is 6.07 Å². The van der Waals surface area contributed by atoms with Crippen LogP contribution in [0.2, 0.25) is 0 Å². The van der Waals surface area contributed by atoms with E-state index < -0.39 is 0 Å². The van der Waals surface area contributed by atoms with Gasteiger partial charge in [-0.05, 0) is 19.1 Å². The Morgan fingerprint density at radius 3 is 3.07 bits per heavy atom. The zero-order chi connectivity index (χ0) is 10.7. The maximum absolute atomic E-state index is 11.4. The molecule has 0 unspecified atom stereocenters. The molecule has 0 aliphatic heterocycles. The molecule has 1 amide bonds. The molecule has 5 nitrogen and oxygen atoms in total. The van der Waals surface area contributed by atoms with Gasteiger partial charge in [0.15, 0.2) is 11.5 Å². The van der Waals surface area contributed by atoms with Gasteiger partial charge >= 0.3 is 0 Å². The van der Waals surface area contributed by atoms with Crippen molar-refractivity contribution >= 4 is 5.91 Å². The van der Waals surface area contributed by atoms with Crippen molar-refractivity contribution in [1.82, 2.24) is 10.5 Å². The lowest BCUT2D eigenvalue weighted by molar-refractivity contribution is 0.0919. The molecule has 5 heteroatoms. The van der Waals surface area contributed by atoms with E-state index in [0.717, 1.165) is 5.69 Å². The van der Waals surface area contributed by atoms with E-state index in [2.05, 4.69) is 10.5 Å². The molecule has 0 fully saturated rings. The monoisotopic (exact) mass is 206 g/mol. The first-order valence-corrected chi connectivity index (χ1v) is 4.49. The molecular weight excluding hydrogens is 196 g/mol. The molecule has 2 heterocycles. The SMILES string of the molecule is Cc1cc(CNC(=O)c2ccco2)on1. The highest BCUT2D eigenvalue weighted by molar-refractivity contribution is 5.91. The fourth-order valence-corrected chi connectivity index (χ4v) is 1.16. The minimum atomic E-state index is -0.269. The Balaban J connectivity index is 1.91. The Morgan fingerprint density at radius 1 is 1.60 bits per heavy atom. The third kappa shape index (κ3) is 2.25. The third-order valence-corrected chi connectivity index (χ3v) is 1.84. The van der Waals surface area contributed by atoms with Crippen molar-refractivity contribution in [2.24, 2.45) is 0 Å². The molecule has 0 radical (unpaired) electrons. The highest BCUT2D eigenvalue weighted by atomic mass is 16.5. The van der Waals surface area contributed by atoms with Gasteiger partial charge in [0.1, 0.15) is 0 Å². The van der Waals surface area contributed by atoms with Crippen molar-refractivity contribution < 1.29 is 13.7 Å². The molecule has 0 atom stereocenters. The number of hydrogen-bond acceptors (Lipinski definition) is 4. The van der Waals surface area contributed by atoms with Gasteiger partial charge in [-0.3, -0.25) is 4.79 Å². The van der Waals surface area contributed by atoms with E-state index in [9.17, 15) is 4.79 Å². The van der Waals surface area contributed by atoms with E-state index >= 15 is 0 Å². The van der Waals surface area contributed by atoms with Gasteiger partial charge < -0.3 is 14.3 Å². The molecule has 2 rings (SSSR count). The average molecular weight is 206 g/mol. The quantitative estimate of drug-likeness (QED) is 0.826. The summed E-state index contributed by atoms with van der Waals surface area (Å²) in [5.41, 5.74) is 0.789. The molecule has 2 aromatic rings. The number of carbonyl (C=O) groups is 1. The maximum atomic E-state index is 11.4. The second kappa shape index (κ2) is 4.00. The summed E-state index contributed by atoms with van der Waals surface area (Å²) in [6.07, 6.45) is 1.45. The number of rotatable bonds is 3. The number of aromatic nitrogens is 1. The van der Waals surface area contributed by atoms with E-state index in [1.807, 2.05) is 6.92 Å². The second-order valence-electron chi connectivity index (χ2n) is 3.09. The Hall–Kier alpha value is -2.04. The summed E-state index contributed by atoms with van der Waals surface area (Å²) in [7, 11) is 0. The van der Waals surface area contributed by atoms with Gasteiger partial charge in [-0.1, -0.05) is 5.16 Å². The minimum absolute atomic E-state index is 0.269. The summed E-state index contributed by atoms with van der Waals surface area (Å²) in [6.45, 7) is 2.13. The lowest BCUT2D eigenvalue weighted by Crippen LogP contribution is -2.21. The fraction of sp³-hybridized carbons (Fsp3) is 0.200. The minimum Gasteiger partial charge on any atom is -0.459 e. The van der Waals surface area contributed by atoms with Crippen molar-refractivity contribution in [1.29, 1.82) is 0 Å². The van der Waals surface area contributed by atoms with Crippen LogP contribution in [0, 0.1) is 6.92 Å². The number of hydrogen-bond donors (Lipinski definition) is 1. The molecule has 0 saturated heterocycles. The van der Waals surface area contributed by atoms with Crippen LogP contribution in [0.25, 0.3) is 0 Å². The Morgan fingerprint density at radius 2 is 2.47 bits per heavy atom. The Labute approximate surface area is 86.1 Å². The maximum Gasteiger partial charge on any atom is 0.287 e. The molecule has 78 valence electrons. The van der Waals surface area contributed by atoms with Gasteiger partial charge in [0.05, 0.1) is 18.5 Å². The first-order valence-electron chi connectivity index (χ1n) is 4.49. The molecule has 15 heavy (non-hydrogen) atoms. The van der Waals surface area contributed by atoms with Crippen molar-refractivity contribution in [3.05, 3.63) is 41.7 Å². The molecular formula is C10H10N2O3. The number of nitrogens with one attached hydrogen (secondary N) is 1. The van der Waals surface area contributed by atoms with E-state index in [0.29, 0.717) is 12.3 Å². The first kappa shape index (κ1) is 9.51. The molecule has 0 aliphatic carbocycles. The summed E-state index contributed by atoms with van der Waals surface area (Å²) in [4.78, 5) is 11.4. The predicted molar refractivity (Wildman–Crippen MR) is 51.1 cm³/mol. The highest BCUT2D eigenvalue weighted by Gasteiger charge is 2.08. The van der Waals surface area contributed by atoms with Crippen LogP contribution in [0.1, 0.15) is 22.0 Å². The number of amides is 1. The molecule has 1 N–H and O–H groups in total. The van der Waals surface area contributed by atoms with Gasteiger partial charge in [0.25, 0.3) is 5.91 Å². The number of carbonyl (C=O) groups excluding carboxylic acids is 1. The zero-order valence-electron chi connectivity index (χ0n) is 8.19. The van der Waals surface area contributed by atoms with Crippen LogP contribution in [-0.4, -0.2) is 11.1 Å². The molecule has 0 aliphatic rings. The highest BCUT2D eigenvalue weighted by Crippen LogP contribution is 2.03. The summed E-state index contributed by atoms with van der Waals surface area (Å²) < 4.78 is 9.87. The Bertz CT molecular complexity index is 445. The van der Waals surface area contributed by atoms with Gasteiger partial charge in [0.2, 0.25) is 0 Å². The molecule has 0 saturated carbocycles. The second-order valence-corrected chi connectivity index (χ2v) is 3.09. The zero-order valence-corrected chi connectivity index (χ0v) is 8.19. The van der Waals surface area contributed by atoms with Gasteiger partial charge in [-0.25, -0.2) is 0 Å². The van der Waals surface area contributed by atoms with Gasteiger partial charge in [-0.15, -0.1) is 0 Å². The average Bonchev–Trinajstić information content (AvgIpc) is 2.84. The van der Waals surface area contributed by atoms with Crippen LogP contribution in [0.4, 0.5) is 0 Å². The Kier molecular flexibility index (Phi) is 2.53. The lowest BCUT2D eigenvalue weighted by atomic mass is 10.3. The van der Waals surface area contributed by atoms with Crippen LogP contribution in [0.3, 0.4) is 0 Å². The number of aryl methyl sites for hydroxylation is 1. The smallest absolute Gasteiger partial charge is 0.287 e. The molecule has 2 aromatic heterocycles. The van der Waals surface area contributed by atoms with Crippen LogP contribution < -0.4 is 5.32 Å². The van der Waals surface area contributed by atoms with Crippen LogP contribution in [0.15, 0.2) is 33.4 Å². The summed E-state index contributed by atoms with van der Waals surface area (Å²) in [5.74, 6) is 0.632. The summed E-state index contributed by atoms with van der Waals surface area (Å²) >= 11 is 0. The molecule has 0 bridgehead atoms. The molecule has 0 aromatic carbocycles. The van der Waals surface area contributed by atoms with E-state index in [4.69, 9.17) is 8.94 Å². The summed E-state index contributed by atoms with van der Waals surface area (Å²) in [6, 6.07) is 5.02. The van der Waals surface area contributed by atoms with Crippen molar-refractivity contribution in [2.45, 2.75) is 13.5 Å². The largest absolute Gasteiger partial charge is 0.459 e. The first-order chi connectivity index (χ1) is 7.25. The molecule has 0 spiro atoms. The van der Waals surface area contributed by atoms with Crippen LogP contribution in [0.5, 0.6) is 0 Å².